The number of H-pyrrole nitrogens is 1. The number of Topliss-reactive ketones (excluding diaryl/α,β-unsaturated/α-hetero) is 2. The first-order valence-corrected chi connectivity index (χ1v) is 38.3. The van der Waals surface area contributed by atoms with E-state index in [0.717, 1.165) is 144 Å². The van der Waals surface area contributed by atoms with Gasteiger partial charge < -0.3 is 59.5 Å². The Hall–Kier alpha value is -8.97. The highest BCUT2D eigenvalue weighted by Gasteiger charge is 2.64. The maximum absolute atomic E-state index is 16.3. The monoisotopic (exact) mass is 1380 g/mol. The lowest BCUT2D eigenvalue weighted by molar-refractivity contribution is -0.148. The van der Waals surface area contributed by atoms with Crippen molar-refractivity contribution in [2.24, 2.45) is 51.8 Å². The minimum absolute atomic E-state index is 0.00615. The number of aromatic hydroxyl groups is 3. The third-order valence-electron chi connectivity index (χ3n) is 27.7. The number of aliphatic hydroxyl groups is 2. The molecule has 20 rings (SSSR count). The largest absolute Gasteiger partial charge is 0.508 e. The fourth-order valence-electron chi connectivity index (χ4n) is 23.1. The normalized spacial score (nSPS) is 32.3. The average Bonchev–Trinajstić information content (AvgIpc) is 1.53. The Bertz CT molecular complexity index is 4740. The Morgan fingerprint density at radius 1 is 0.854 bits per heavy atom. The van der Waals surface area contributed by atoms with Crippen LogP contribution in [-0.2, 0) is 32.0 Å². The van der Waals surface area contributed by atoms with E-state index in [0.29, 0.717) is 56.5 Å². The van der Waals surface area contributed by atoms with E-state index in [1.165, 1.54) is 12.5 Å². The van der Waals surface area contributed by atoms with Crippen LogP contribution in [0.1, 0.15) is 203 Å². The van der Waals surface area contributed by atoms with Crippen molar-refractivity contribution in [3.8, 4) is 46.3 Å². The smallest absolute Gasteiger partial charge is 0.302 e. The topological polar surface area (TPSA) is 216 Å². The van der Waals surface area contributed by atoms with Gasteiger partial charge in [0.25, 0.3) is 0 Å². The van der Waals surface area contributed by atoms with Gasteiger partial charge in [-0.3, -0.25) is 14.4 Å². The van der Waals surface area contributed by atoms with E-state index in [-0.39, 0.29) is 119 Å². The summed E-state index contributed by atoms with van der Waals surface area (Å²) in [4.78, 5) is 50.7. The summed E-state index contributed by atoms with van der Waals surface area (Å²) in [7, 11) is 1.54. The molecule has 16 bridgehead atoms. The summed E-state index contributed by atoms with van der Waals surface area (Å²) in [5.41, 5.74) is 8.98. The molecular weight excluding hydrogens is 1290 g/mol. The molecule has 3 fully saturated rings. The number of aromatic amines is 1. The van der Waals surface area contributed by atoms with Crippen LogP contribution in [0.4, 0.5) is 5.69 Å². The standard InChI is InChI=1S/C88H94N4O11/c1-50(94)102-64-26-30-88-59-12-6-13-60(88)15-8-18-72(88)69-46-89-45-68(69)66(17-7-14-59)81(54-11-5-16-61(95)37-54)55-27-33-90-80(41-55)91(34-28-76(98)51-9-3-4-10-51)74-24-21-67-82-70(74)47-92-75(43-63(97)42-64)57-39-77(99)84(79(40-57)101-2)103-78-44-62(96)38-56-35-52(19-20-65(56)78)58(48-93)36-53-25-29-86-31-32-87(49-86,85(67)100)73(83(82)92)23-22-71(53)86/h5-6,8,11-13,16,18,21-24,27,37-41,44-47,51-53,58,60,64,66,71-73,75,81,85,89-90,93,95-96,99-100H,3-4,9-10,14-15,19-20,25-26,28-36,42-43,48-49H2,1-2H3. The van der Waals surface area contributed by atoms with Gasteiger partial charge in [-0.1, -0.05) is 97.1 Å². The number of aliphatic hydroxyl groups excluding tert-OH is 2. The Kier molecular flexibility index (Phi) is 16.5. The van der Waals surface area contributed by atoms with Gasteiger partial charge in [0.1, 0.15) is 40.7 Å². The zero-order chi connectivity index (χ0) is 70.2. The number of nitrogens with zero attached hydrogens (tertiary/aromatic N) is 2. The molecule has 0 saturated heterocycles. The summed E-state index contributed by atoms with van der Waals surface area (Å²) >= 11 is 0. The van der Waals surface area contributed by atoms with Crippen LogP contribution in [0, 0.1) is 63.6 Å². The number of carbonyl (C=O) groups excluding carboxylic acids is 3. The number of phenolic OH excluding ortho intramolecular Hbond substituents is 3. The Morgan fingerprint density at radius 2 is 1.73 bits per heavy atom. The number of benzene rings is 4. The zero-order valence-corrected chi connectivity index (χ0v) is 59.1. The second kappa shape index (κ2) is 25.7. The molecule has 532 valence electrons. The molecule has 14 aliphatic rings. The minimum atomic E-state index is -0.882. The van der Waals surface area contributed by atoms with E-state index in [4.69, 9.17) is 14.2 Å². The van der Waals surface area contributed by atoms with E-state index in [1.54, 1.807) is 25.3 Å². The highest BCUT2D eigenvalue weighted by molar-refractivity contribution is 6.01. The summed E-state index contributed by atoms with van der Waals surface area (Å²) in [6.07, 6.45) is 39.1. The van der Waals surface area contributed by atoms with Crippen molar-refractivity contribution >= 4 is 34.0 Å². The predicted octanol–water partition coefficient (Wildman–Crippen LogP) is 16.0. The van der Waals surface area contributed by atoms with Gasteiger partial charge >= 0.3 is 5.97 Å². The summed E-state index contributed by atoms with van der Waals surface area (Å²) in [6.45, 7) is 2.23. The van der Waals surface area contributed by atoms with E-state index in [1.807, 2.05) is 24.3 Å². The number of dihydropyridines is 1. The van der Waals surface area contributed by atoms with E-state index < -0.39 is 46.9 Å². The van der Waals surface area contributed by atoms with Crippen molar-refractivity contribution in [1.82, 2.24) is 14.9 Å². The highest BCUT2D eigenvalue weighted by atomic mass is 16.5. The lowest BCUT2D eigenvalue weighted by atomic mass is 9.53. The zero-order valence-electron chi connectivity index (χ0n) is 59.1. The number of carbonyl (C=O) groups is 3. The van der Waals surface area contributed by atoms with Crippen LogP contribution >= 0.6 is 0 Å². The van der Waals surface area contributed by atoms with Crippen LogP contribution in [0.25, 0.3) is 10.8 Å². The number of nitrogens with one attached hydrogen (secondary N) is 2. The quantitative estimate of drug-likeness (QED) is 0.0429. The number of esters is 1. The van der Waals surface area contributed by atoms with Crippen molar-refractivity contribution in [3.05, 3.63) is 196 Å². The molecule has 15 nitrogen and oxygen atoms in total. The number of hydrogen-bond donors (Lipinski definition) is 7. The van der Waals surface area contributed by atoms with Crippen LogP contribution in [0.2, 0.25) is 0 Å². The summed E-state index contributed by atoms with van der Waals surface area (Å²) < 4.78 is 21.9. The number of allylic oxidation sites excluding steroid dienone is 10. The van der Waals surface area contributed by atoms with Crippen molar-refractivity contribution in [1.29, 1.82) is 0 Å². The number of methoxy groups -OCH3 is 1. The molecule has 103 heavy (non-hydrogen) atoms. The van der Waals surface area contributed by atoms with Gasteiger partial charge in [-0.05, 0) is 212 Å². The summed E-state index contributed by atoms with van der Waals surface area (Å²) in [6, 6.07) is 18.0. The molecule has 0 amide bonds. The third kappa shape index (κ3) is 10.8. The number of phenols is 3. The van der Waals surface area contributed by atoms with Gasteiger partial charge in [0.15, 0.2) is 11.5 Å². The molecule has 7 N–H and O–H groups in total. The third-order valence-corrected chi connectivity index (χ3v) is 27.7. The van der Waals surface area contributed by atoms with E-state index in [9.17, 15) is 35.1 Å². The van der Waals surface area contributed by atoms with Crippen LogP contribution in [0.5, 0.6) is 34.5 Å². The molecular formula is C88H94N4O11. The molecule has 15 unspecified atom stereocenters. The first-order valence-electron chi connectivity index (χ1n) is 38.3. The van der Waals surface area contributed by atoms with E-state index >= 15 is 4.79 Å². The maximum Gasteiger partial charge on any atom is 0.302 e. The van der Waals surface area contributed by atoms with Crippen LogP contribution in [0.15, 0.2) is 151 Å². The van der Waals surface area contributed by atoms with Gasteiger partial charge in [0.05, 0.1) is 30.9 Å². The SMILES string of the molecule is COc1cc2cc(O)c1Oc1cc(O)cc3c1CCC(C3)C(CO)CC1CCC34CCC5(C3)C(O)c3ccc6c7cn(c(c37)C5C=CC14)C2CC(=O)CC(OC(C)=O)CCC12C3=CC=CC1CC=CC2c1c[nH]cc1C(C#CC3)C(c1cccc(O)c1)C1=CCNC(=C1)N6CCC(=O)C1CCCC1. The summed E-state index contributed by atoms with van der Waals surface area (Å²) in [5, 5.41) is 67.0. The Morgan fingerprint density at radius 3 is 2.57 bits per heavy atom. The molecule has 15 atom stereocenters. The number of ether oxygens (including phenoxy) is 3. The number of anilines is 1. The molecule has 15 heteroatoms. The minimum Gasteiger partial charge on any atom is -0.508 e. The van der Waals surface area contributed by atoms with Crippen LogP contribution < -0.4 is 19.7 Å². The lowest BCUT2D eigenvalue weighted by Crippen LogP contribution is -2.41. The predicted molar refractivity (Wildman–Crippen MR) is 394 cm³/mol. The van der Waals surface area contributed by atoms with Crippen LogP contribution in [0.3, 0.4) is 0 Å². The maximum atomic E-state index is 16.3. The van der Waals surface area contributed by atoms with E-state index in [2.05, 4.69) is 123 Å². The molecule has 3 spiro atoms. The van der Waals surface area contributed by atoms with Gasteiger partial charge in [-0.25, -0.2) is 0 Å². The summed E-state index contributed by atoms with van der Waals surface area (Å²) in [5.74, 6) is 8.03. The lowest BCUT2D eigenvalue weighted by Gasteiger charge is -2.50. The number of rotatable bonds is 8. The molecule has 5 aliphatic heterocycles. The molecule has 4 aromatic carbocycles. The fraction of sp³-hybridized carbons (Fsp3) is 0.466. The molecule has 7 heterocycles. The van der Waals surface area contributed by atoms with Gasteiger partial charge in [-0.2, -0.15) is 0 Å². The Balaban J connectivity index is 0.893. The number of fused-ring (bicyclic) bond motifs is 3. The van der Waals surface area contributed by atoms with Crippen molar-refractivity contribution in [3.63, 3.8) is 0 Å². The number of aromatic nitrogens is 2. The molecule has 2 aromatic heterocycles. The number of ketones is 2. The fourth-order valence-corrected chi connectivity index (χ4v) is 23.1. The highest BCUT2D eigenvalue weighted by Crippen LogP contribution is 2.74. The van der Waals surface area contributed by atoms with Crippen molar-refractivity contribution < 1.29 is 54.1 Å². The van der Waals surface area contributed by atoms with Crippen LogP contribution in [-0.4, -0.2) is 85.5 Å². The average molecular weight is 1380 g/mol. The second-order valence-corrected chi connectivity index (χ2v) is 32.7. The van der Waals surface area contributed by atoms with Crippen molar-refractivity contribution in [2.75, 3.05) is 31.7 Å². The first-order chi connectivity index (χ1) is 50.1. The molecule has 6 aromatic rings. The first kappa shape index (κ1) is 66.0. The van der Waals surface area contributed by atoms with Gasteiger partial charge in [0, 0.05) is 128 Å². The van der Waals surface area contributed by atoms with Gasteiger partial charge in [-0.15, -0.1) is 0 Å². The Labute approximate surface area is 602 Å². The molecule has 3 saturated carbocycles. The second-order valence-electron chi connectivity index (χ2n) is 32.7. The van der Waals surface area contributed by atoms with Crippen molar-refractivity contribution in [2.45, 2.75) is 177 Å². The van der Waals surface area contributed by atoms with Gasteiger partial charge in [0.2, 0.25) is 5.75 Å². The molecule has 0 radical (unpaired) electrons. The number of hydrogen-bond acceptors (Lipinski definition) is 13. The molecule has 9 aliphatic carbocycles.